The fourth-order valence-electron chi connectivity index (χ4n) is 2.21. The molecule has 2 rings (SSSR count). The standard InChI is InChI=1S/C12H19N3OS/c1-2-15-12(13-9-14-15)8-11(16)7-10-3-5-17-6-4-10/h9-10H,2-8H2,1H3. The molecule has 4 nitrogen and oxygen atoms in total. The van der Waals surface area contributed by atoms with Crippen molar-refractivity contribution in [1.29, 1.82) is 0 Å². The second-order valence-corrected chi connectivity index (χ2v) is 5.69. The molecule has 0 unspecified atom stereocenters. The molecule has 5 heteroatoms. The number of thioether (sulfide) groups is 1. The average molecular weight is 253 g/mol. The molecule has 0 aliphatic carbocycles. The highest BCUT2D eigenvalue weighted by molar-refractivity contribution is 7.99. The maximum Gasteiger partial charge on any atom is 0.140 e. The summed E-state index contributed by atoms with van der Waals surface area (Å²) in [6.07, 6.45) is 5.08. The van der Waals surface area contributed by atoms with E-state index in [1.807, 2.05) is 18.7 Å². The van der Waals surface area contributed by atoms with Crippen LogP contribution < -0.4 is 0 Å². The lowest BCUT2D eigenvalue weighted by molar-refractivity contribution is -0.119. The molecule has 1 fully saturated rings. The lowest BCUT2D eigenvalue weighted by atomic mass is 9.95. The second kappa shape index (κ2) is 6.19. The maximum atomic E-state index is 12.0. The van der Waals surface area contributed by atoms with Gasteiger partial charge in [-0.2, -0.15) is 16.9 Å². The van der Waals surface area contributed by atoms with Crippen LogP contribution >= 0.6 is 11.8 Å². The van der Waals surface area contributed by atoms with E-state index in [0.717, 1.165) is 18.8 Å². The summed E-state index contributed by atoms with van der Waals surface area (Å²) in [5.74, 6) is 4.14. The van der Waals surface area contributed by atoms with Gasteiger partial charge in [0.05, 0.1) is 6.42 Å². The van der Waals surface area contributed by atoms with Gasteiger partial charge in [0.1, 0.15) is 17.9 Å². The lowest BCUT2D eigenvalue weighted by Crippen LogP contribution is -2.17. The van der Waals surface area contributed by atoms with Crippen molar-refractivity contribution in [3.8, 4) is 0 Å². The number of carbonyl (C=O) groups excluding carboxylic acids is 1. The quantitative estimate of drug-likeness (QED) is 0.804. The lowest BCUT2D eigenvalue weighted by Gasteiger charge is -2.20. The summed E-state index contributed by atoms with van der Waals surface area (Å²) in [7, 11) is 0. The predicted octanol–water partition coefficient (Wildman–Crippen LogP) is 1.94. The molecular formula is C12H19N3OS. The first-order valence-corrected chi connectivity index (χ1v) is 7.41. The van der Waals surface area contributed by atoms with Crippen LogP contribution in [0.15, 0.2) is 6.33 Å². The smallest absolute Gasteiger partial charge is 0.140 e. The zero-order valence-electron chi connectivity index (χ0n) is 10.3. The number of aromatic nitrogens is 3. The fraction of sp³-hybridized carbons (Fsp3) is 0.750. The molecule has 0 saturated carbocycles. The molecule has 0 atom stereocenters. The van der Waals surface area contributed by atoms with E-state index in [1.165, 1.54) is 30.7 Å². The van der Waals surface area contributed by atoms with Crippen molar-refractivity contribution in [2.75, 3.05) is 11.5 Å². The van der Waals surface area contributed by atoms with E-state index in [0.29, 0.717) is 18.1 Å². The van der Waals surface area contributed by atoms with Crippen molar-refractivity contribution < 1.29 is 4.79 Å². The fourth-order valence-corrected chi connectivity index (χ4v) is 3.41. The molecular weight excluding hydrogens is 234 g/mol. The monoisotopic (exact) mass is 253 g/mol. The van der Waals surface area contributed by atoms with Crippen LogP contribution in [0.5, 0.6) is 0 Å². The molecule has 2 heterocycles. The molecule has 1 aromatic heterocycles. The van der Waals surface area contributed by atoms with Gasteiger partial charge < -0.3 is 0 Å². The zero-order valence-corrected chi connectivity index (χ0v) is 11.1. The summed E-state index contributed by atoms with van der Waals surface area (Å²) >= 11 is 2.00. The van der Waals surface area contributed by atoms with E-state index in [9.17, 15) is 4.79 Å². The van der Waals surface area contributed by atoms with Crippen molar-refractivity contribution in [2.45, 2.75) is 39.2 Å². The minimum absolute atomic E-state index is 0.310. The van der Waals surface area contributed by atoms with Crippen LogP contribution in [-0.4, -0.2) is 32.1 Å². The molecule has 0 N–H and O–H groups in total. The van der Waals surface area contributed by atoms with E-state index in [2.05, 4.69) is 10.1 Å². The number of aryl methyl sites for hydroxylation is 1. The van der Waals surface area contributed by atoms with Gasteiger partial charge in [-0.3, -0.25) is 4.79 Å². The Morgan fingerprint density at radius 2 is 2.29 bits per heavy atom. The van der Waals surface area contributed by atoms with Crippen molar-refractivity contribution in [1.82, 2.24) is 14.8 Å². The zero-order chi connectivity index (χ0) is 12.1. The molecule has 1 aromatic rings. The SMILES string of the molecule is CCn1ncnc1CC(=O)CC1CCSCC1. The van der Waals surface area contributed by atoms with Crippen molar-refractivity contribution in [2.24, 2.45) is 5.92 Å². The number of Topliss-reactive ketones (excluding diaryl/α,β-unsaturated/α-hetero) is 1. The third-order valence-electron chi connectivity index (χ3n) is 3.21. The van der Waals surface area contributed by atoms with Gasteiger partial charge in [-0.15, -0.1) is 0 Å². The summed E-state index contributed by atoms with van der Waals surface area (Å²) in [6.45, 7) is 2.80. The third kappa shape index (κ3) is 3.56. The minimum atomic E-state index is 0.310. The Hall–Kier alpha value is -0.840. The molecule has 1 aliphatic heterocycles. The van der Waals surface area contributed by atoms with E-state index in [4.69, 9.17) is 0 Å². The molecule has 17 heavy (non-hydrogen) atoms. The molecule has 94 valence electrons. The van der Waals surface area contributed by atoms with Gasteiger partial charge in [-0.05, 0) is 37.2 Å². The first-order chi connectivity index (χ1) is 8.29. The van der Waals surface area contributed by atoms with Crippen molar-refractivity contribution >= 4 is 17.5 Å². The van der Waals surface area contributed by atoms with Crippen molar-refractivity contribution in [3.63, 3.8) is 0 Å². The van der Waals surface area contributed by atoms with Gasteiger partial charge in [0.25, 0.3) is 0 Å². The first-order valence-electron chi connectivity index (χ1n) is 6.25. The molecule has 0 radical (unpaired) electrons. The molecule has 0 aromatic carbocycles. The van der Waals surface area contributed by atoms with Crippen LogP contribution in [0.1, 0.15) is 32.0 Å². The topological polar surface area (TPSA) is 47.8 Å². The van der Waals surface area contributed by atoms with Crippen molar-refractivity contribution in [3.05, 3.63) is 12.2 Å². The minimum Gasteiger partial charge on any atom is -0.299 e. The van der Waals surface area contributed by atoms with E-state index in [1.54, 1.807) is 4.68 Å². The second-order valence-electron chi connectivity index (χ2n) is 4.47. The number of carbonyl (C=O) groups is 1. The Balaban J connectivity index is 1.84. The highest BCUT2D eigenvalue weighted by atomic mass is 32.2. The molecule has 0 bridgehead atoms. The van der Waals surface area contributed by atoms with Gasteiger partial charge in [0.15, 0.2) is 0 Å². The van der Waals surface area contributed by atoms with E-state index < -0.39 is 0 Å². The van der Waals surface area contributed by atoms with Gasteiger partial charge in [-0.1, -0.05) is 0 Å². The molecule has 1 saturated heterocycles. The number of rotatable bonds is 5. The maximum absolute atomic E-state index is 12.0. The highest BCUT2D eigenvalue weighted by Crippen LogP contribution is 2.25. The third-order valence-corrected chi connectivity index (χ3v) is 4.26. The first kappa shape index (κ1) is 12.6. The summed E-state index contributed by atoms with van der Waals surface area (Å²) in [5.41, 5.74) is 0. The number of hydrogen-bond acceptors (Lipinski definition) is 4. The average Bonchev–Trinajstić information content (AvgIpc) is 2.77. The molecule has 0 spiro atoms. The van der Waals surface area contributed by atoms with Crippen LogP contribution in [0, 0.1) is 5.92 Å². The van der Waals surface area contributed by atoms with Gasteiger partial charge in [0.2, 0.25) is 0 Å². The van der Waals surface area contributed by atoms with Crippen LogP contribution in [0.3, 0.4) is 0 Å². The summed E-state index contributed by atoms with van der Waals surface area (Å²) in [4.78, 5) is 16.1. The van der Waals surface area contributed by atoms with Crippen LogP contribution in [0.4, 0.5) is 0 Å². The Kier molecular flexibility index (Phi) is 4.59. The summed E-state index contributed by atoms with van der Waals surface area (Å²) in [6, 6.07) is 0. The molecule has 1 aliphatic rings. The highest BCUT2D eigenvalue weighted by Gasteiger charge is 2.18. The number of nitrogens with zero attached hydrogens (tertiary/aromatic N) is 3. The van der Waals surface area contributed by atoms with Crippen LogP contribution in [0.2, 0.25) is 0 Å². The van der Waals surface area contributed by atoms with Gasteiger partial charge >= 0.3 is 0 Å². The number of ketones is 1. The molecule has 0 amide bonds. The summed E-state index contributed by atoms with van der Waals surface area (Å²) < 4.78 is 1.80. The summed E-state index contributed by atoms with van der Waals surface area (Å²) in [5, 5.41) is 4.08. The Morgan fingerprint density at radius 1 is 1.53 bits per heavy atom. The van der Waals surface area contributed by atoms with Crippen LogP contribution in [-0.2, 0) is 17.8 Å². The van der Waals surface area contributed by atoms with Gasteiger partial charge in [-0.25, -0.2) is 9.67 Å². The number of hydrogen-bond donors (Lipinski definition) is 0. The Morgan fingerprint density at radius 3 is 3.00 bits per heavy atom. The Bertz CT molecular complexity index is 372. The van der Waals surface area contributed by atoms with Crippen LogP contribution in [0.25, 0.3) is 0 Å². The largest absolute Gasteiger partial charge is 0.299 e. The predicted molar refractivity (Wildman–Crippen MR) is 69.1 cm³/mol. The normalized spacial score (nSPS) is 17.2. The van der Waals surface area contributed by atoms with E-state index >= 15 is 0 Å². The van der Waals surface area contributed by atoms with E-state index in [-0.39, 0.29) is 0 Å². The van der Waals surface area contributed by atoms with Gasteiger partial charge in [0, 0.05) is 13.0 Å². The Labute approximate surface area is 106 Å².